The van der Waals surface area contributed by atoms with E-state index in [2.05, 4.69) is 75.7 Å². The van der Waals surface area contributed by atoms with Crippen molar-refractivity contribution in [2.75, 3.05) is 18.0 Å². The van der Waals surface area contributed by atoms with Crippen molar-refractivity contribution in [2.45, 2.75) is 33.4 Å². The molecule has 4 heteroatoms. The second-order valence-electron chi connectivity index (χ2n) is 5.04. The van der Waals surface area contributed by atoms with Gasteiger partial charge in [0.15, 0.2) is 0 Å². The summed E-state index contributed by atoms with van der Waals surface area (Å²) in [5, 5.41) is 5.66. The van der Waals surface area contributed by atoms with E-state index in [0.29, 0.717) is 0 Å². The molecular weight excluding hydrogens is 344 g/mol. The predicted octanol–water partition coefficient (Wildman–Crippen LogP) is 5.04. The minimum Gasteiger partial charge on any atom is -0.366 e. The third-order valence-electron chi connectivity index (χ3n) is 3.43. The Morgan fingerprint density at radius 2 is 2.10 bits per heavy atom. The van der Waals surface area contributed by atoms with Gasteiger partial charge in [-0.1, -0.05) is 28.9 Å². The summed E-state index contributed by atoms with van der Waals surface area (Å²) in [4.78, 5) is 3.86. The molecule has 0 aliphatic rings. The molecule has 0 spiro atoms. The Balaban J connectivity index is 2.18. The maximum absolute atomic E-state index is 3.59. The normalized spacial score (nSPS) is 10.8. The molecular formula is C17H23BrN2S. The minimum absolute atomic E-state index is 0.920. The van der Waals surface area contributed by atoms with Gasteiger partial charge in [-0.25, -0.2) is 0 Å². The van der Waals surface area contributed by atoms with Gasteiger partial charge in [0, 0.05) is 28.1 Å². The van der Waals surface area contributed by atoms with Crippen LogP contribution in [-0.2, 0) is 13.1 Å². The van der Waals surface area contributed by atoms with Crippen molar-refractivity contribution in [1.29, 1.82) is 0 Å². The van der Waals surface area contributed by atoms with E-state index in [-0.39, 0.29) is 0 Å². The first-order valence-corrected chi connectivity index (χ1v) is 9.18. The second-order valence-corrected chi connectivity index (χ2v) is 6.99. The first-order chi connectivity index (χ1) is 10.2. The van der Waals surface area contributed by atoms with Gasteiger partial charge in [0.25, 0.3) is 0 Å². The maximum atomic E-state index is 3.59. The molecule has 21 heavy (non-hydrogen) atoms. The van der Waals surface area contributed by atoms with Gasteiger partial charge in [-0.2, -0.15) is 0 Å². The molecule has 1 aromatic heterocycles. The van der Waals surface area contributed by atoms with E-state index in [9.17, 15) is 0 Å². The van der Waals surface area contributed by atoms with Crippen molar-refractivity contribution in [3.05, 3.63) is 50.6 Å². The van der Waals surface area contributed by atoms with Crippen molar-refractivity contribution in [1.82, 2.24) is 5.32 Å². The van der Waals surface area contributed by atoms with E-state index >= 15 is 0 Å². The van der Waals surface area contributed by atoms with E-state index in [1.54, 1.807) is 0 Å². The van der Waals surface area contributed by atoms with Crippen LogP contribution in [0, 0.1) is 0 Å². The van der Waals surface area contributed by atoms with Crippen molar-refractivity contribution in [3.63, 3.8) is 0 Å². The molecule has 2 aromatic rings. The molecule has 1 aromatic carbocycles. The lowest BCUT2D eigenvalue weighted by Crippen LogP contribution is -2.24. The SMILES string of the molecule is CCCNCc1cc(Br)ccc1N(CC)Cc1cccs1. The Labute approximate surface area is 140 Å². The fourth-order valence-electron chi connectivity index (χ4n) is 2.36. The standard InChI is InChI=1S/C17H23BrN2S/c1-3-9-19-12-14-11-15(18)7-8-17(14)20(4-2)13-16-6-5-10-21-16/h5-8,10-11,19H,3-4,9,12-13H2,1-2H3. The highest BCUT2D eigenvalue weighted by Crippen LogP contribution is 2.27. The van der Waals surface area contributed by atoms with Gasteiger partial charge in [0.2, 0.25) is 0 Å². The number of rotatable bonds is 8. The number of nitrogens with one attached hydrogen (secondary N) is 1. The molecule has 114 valence electrons. The molecule has 0 amide bonds. The highest BCUT2D eigenvalue weighted by Gasteiger charge is 2.11. The number of hydrogen-bond acceptors (Lipinski definition) is 3. The highest BCUT2D eigenvalue weighted by atomic mass is 79.9. The number of nitrogens with zero attached hydrogens (tertiary/aromatic N) is 1. The van der Waals surface area contributed by atoms with Crippen LogP contribution in [-0.4, -0.2) is 13.1 Å². The Morgan fingerprint density at radius 1 is 1.24 bits per heavy atom. The van der Waals surface area contributed by atoms with Gasteiger partial charge >= 0.3 is 0 Å². The van der Waals surface area contributed by atoms with E-state index < -0.39 is 0 Å². The molecule has 0 aliphatic heterocycles. The fourth-order valence-corrected chi connectivity index (χ4v) is 3.49. The third-order valence-corrected chi connectivity index (χ3v) is 4.79. The van der Waals surface area contributed by atoms with Gasteiger partial charge < -0.3 is 10.2 Å². The van der Waals surface area contributed by atoms with Crippen LogP contribution in [0.25, 0.3) is 0 Å². The topological polar surface area (TPSA) is 15.3 Å². The van der Waals surface area contributed by atoms with Crippen molar-refractivity contribution >= 4 is 33.0 Å². The zero-order chi connectivity index (χ0) is 15.1. The van der Waals surface area contributed by atoms with Crippen molar-refractivity contribution in [2.24, 2.45) is 0 Å². The van der Waals surface area contributed by atoms with E-state index in [1.165, 1.54) is 16.1 Å². The first-order valence-electron chi connectivity index (χ1n) is 7.51. The Kier molecular flexibility index (Phi) is 6.74. The molecule has 1 N–H and O–H groups in total. The largest absolute Gasteiger partial charge is 0.366 e. The number of anilines is 1. The predicted molar refractivity (Wildman–Crippen MR) is 97.2 cm³/mol. The lowest BCUT2D eigenvalue weighted by Gasteiger charge is -2.25. The number of benzene rings is 1. The van der Waals surface area contributed by atoms with Gasteiger partial charge in [-0.15, -0.1) is 11.3 Å². The summed E-state index contributed by atoms with van der Waals surface area (Å²) >= 11 is 5.42. The van der Waals surface area contributed by atoms with Crippen molar-refractivity contribution in [3.8, 4) is 0 Å². The molecule has 2 rings (SSSR count). The molecule has 2 nitrogen and oxygen atoms in total. The molecule has 0 unspecified atom stereocenters. The summed E-state index contributed by atoms with van der Waals surface area (Å²) in [5.41, 5.74) is 2.69. The smallest absolute Gasteiger partial charge is 0.0522 e. The monoisotopic (exact) mass is 366 g/mol. The van der Waals surface area contributed by atoms with Crippen LogP contribution in [0.5, 0.6) is 0 Å². The van der Waals surface area contributed by atoms with Crippen LogP contribution < -0.4 is 10.2 Å². The average molecular weight is 367 g/mol. The van der Waals surface area contributed by atoms with Crippen LogP contribution in [0.1, 0.15) is 30.7 Å². The van der Waals surface area contributed by atoms with Crippen LogP contribution in [0.15, 0.2) is 40.2 Å². The molecule has 0 saturated heterocycles. The minimum atomic E-state index is 0.920. The van der Waals surface area contributed by atoms with E-state index in [0.717, 1.165) is 37.1 Å². The van der Waals surface area contributed by atoms with Gasteiger partial charge in [-0.3, -0.25) is 0 Å². The number of halogens is 1. The number of hydrogen-bond donors (Lipinski definition) is 1. The van der Waals surface area contributed by atoms with Crippen molar-refractivity contribution < 1.29 is 0 Å². The second kappa shape index (κ2) is 8.57. The first kappa shape index (κ1) is 16.5. The molecule has 0 atom stereocenters. The zero-order valence-electron chi connectivity index (χ0n) is 12.7. The molecule has 0 bridgehead atoms. The maximum Gasteiger partial charge on any atom is 0.0522 e. The Bertz CT molecular complexity index is 540. The van der Waals surface area contributed by atoms with Crippen LogP contribution in [0.4, 0.5) is 5.69 Å². The Morgan fingerprint density at radius 3 is 2.76 bits per heavy atom. The van der Waals surface area contributed by atoms with E-state index in [4.69, 9.17) is 0 Å². The Hall–Kier alpha value is -0.840. The number of thiophene rings is 1. The summed E-state index contributed by atoms with van der Waals surface area (Å²) in [5.74, 6) is 0. The lowest BCUT2D eigenvalue weighted by molar-refractivity contribution is 0.672. The third kappa shape index (κ3) is 4.83. The summed E-state index contributed by atoms with van der Waals surface area (Å²) < 4.78 is 1.15. The lowest BCUT2D eigenvalue weighted by atomic mass is 10.1. The molecule has 0 fully saturated rings. The quantitative estimate of drug-likeness (QED) is 0.658. The van der Waals surface area contributed by atoms with Gasteiger partial charge in [0.1, 0.15) is 0 Å². The van der Waals surface area contributed by atoms with Crippen LogP contribution >= 0.6 is 27.3 Å². The highest BCUT2D eigenvalue weighted by molar-refractivity contribution is 9.10. The average Bonchev–Trinajstić information content (AvgIpc) is 2.99. The van der Waals surface area contributed by atoms with Crippen LogP contribution in [0.3, 0.4) is 0 Å². The molecule has 1 heterocycles. The van der Waals surface area contributed by atoms with Gasteiger partial charge in [0.05, 0.1) is 6.54 Å². The fraction of sp³-hybridized carbons (Fsp3) is 0.412. The summed E-state index contributed by atoms with van der Waals surface area (Å²) in [6.45, 7) is 8.40. The molecule has 0 radical (unpaired) electrons. The molecule has 0 aliphatic carbocycles. The summed E-state index contributed by atoms with van der Waals surface area (Å²) in [6, 6.07) is 10.9. The van der Waals surface area contributed by atoms with Crippen LogP contribution in [0.2, 0.25) is 0 Å². The van der Waals surface area contributed by atoms with E-state index in [1.807, 2.05) is 11.3 Å². The zero-order valence-corrected chi connectivity index (χ0v) is 15.1. The summed E-state index contributed by atoms with van der Waals surface area (Å²) in [7, 11) is 0. The molecule has 0 saturated carbocycles. The van der Waals surface area contributed by atoms with Gasteiger partial charge in [-0.05, 0) is 55.1 Å². The summed E-state index contributed by atoms with van der Waals surface area (Å²) in [6.07, 6.45) is 1.16.